The minimum absolute atomic E-state index is 0.121. The number of carbonyl (C=O) groups is 1. The molecule has 0 atom stereocenters. The molecular weight excluding hydrogens is 457 g/mol. The minimum atomic E-state index is -4.42. The third kappa shape index (κ3) is 4.74. The minimum Gasteiger partial charge on any atom is -0.419 e. The van der Waals surface area contributed by atoms with Crippen molar-refractivity contribution in [2.24, 2.45) is 0 Å². The number of benzene rings is 3. The van der Waals surface area contributed by atoms with Crippen LogP contribution in [-0.4, -0.2) is 25.5 Å². The number of aromatic nitrogens is 4. The molecule has 9 heteroatoms. The van der Waals surface area contributed by atoms with Crippen molar-refractivity contribution in [1.29, 1.82) is 0 Å². The van der Waals surface area contributed by atoms with Gasteiger partial charge in [0.25, 0.3) is 0 Å². The van der Waals surface area contributed by atoms with Crippen molar-refractivity contribution in [2.45, 2.75) is 12.7 Å². The molecule has 6 nitrogen and oxygen atoms in total. The average Bonchev–Trinajstić information content (AvgIpc) is 3.48. The summed E-state index contributed by atoms with van der Waals surface area (Å²) in [6.45, 7) is 0.121. The van der Waals surface area contributed by atoms with E-state index in [-0.39, 0.29) is 12.4 Å². The van der Waals surface area contributed by atoms with Gasteiger partial charge in [-0.1, -0.05) is 48.5 Å². The zero-order valence-corrected chi connectivity index (χ0v) is 18.1. The van der Waals surface area contributed by atoms with E-state index in [4.69, 9.17) is 4.42 Å². The van der Waals surface area contributed by atoms with Gasteiger partial charge in [-0.15, -0.1) is 10.2 Å². The van der Waals surface area contributed by atoms with E-state index in [0.717, 1.165) is 17.7 Å². The van der Waals surface area contributed by atoms with Gasteiger partial charge in [-0.2, -0.15) is 13.2 Å². The van der Waals surface area contributed by atoms with Crippen LogP contribution in [0.5, 0.6) is 0 Å². The smallest absolute Gasteiger partial charge is 0.416 e. The molecule has 2 aromatic heterocycles. The van der Waals surface area contributed by atoms with Gasteiger partial charge in [0, 0.05) is 5.56 Å². The molecule has 5 aromatic rings. The van der Waals surface area contributed by atoms with Gasteiger partial charge in [0.15, 0.2) is 5.82 Å². The Labute approximate surface area is 197 Å². The first-order valence-corrected chi connectivity index (χ1v) is 10.6. The van der Waals surface area contributed by atoms with Crippen molar-refractivity contribution < 1.29 is 22.4 Å². The summed E-state index contributed by atoms with van der Waals surface area (Å²) in [5.41, 5.74) is 1.80. The van der Waals surface area contributed by atoms with Crippen LogP contribution >= 0.6 is 0 Å². The predicted molar refractivity (Wildman–Crippen MR) is 123 cm³/mol. The number of ketones is 1. The highest BCUT2D eigenvalue weighted by molar-refractivity contribution is 6.06. The fourth-order valence-corrected chi connectivity index (χ4v) is 3.60. The monoisotopic (exact) mass is 474 g/mol. The summed E-state index contributed by atoms with van der Waals surface area (Å²) in [6, 6.07) is 21.1. The van der Waals surface area contributed by atoms with Crippen LogP contribution < -0.4 is 0 Å². The summed E-state index contributed by atoms with van der Waals surface area (Å²) in [5.74, 6) is 0.394. The van der Waals surface area contributed by atoms with Gasteiger partial charge in [-0.3, -0.25) is 4.79 Å². The molecule has 0 saturated heterocycles. The van der Waals surface area contributed by atoms with E-state index in [1.165, 1.54) is 24.3 Å². The first kappa shape index (κ1) is 22.3. The third-order valence-corrected chi connectivity index (χ3v) is 5.32. The second-order valence-corrected chi connectivity index (χ2v) is 7.69. The Morgan fingerprint density at radius 2 is 1.63 bits per heavy atom. The van der Waals surface area contributed by atoms with Crippen LogP contribution in [0.2, 0.25) is 0 Å². The Kier molecular flexibility index (Phi) is 5.74. The summed E-state index contributed by atoms with van der Waals surface area (Å²) >= 11 is 0. The zero-order valence-electron chi connectivity index (χ0n) is 18.1. The van der Waals surface area contributed by atoms with Gasteiger partial charge >= 0.3 is 6.18 Å². The molecule has 0 unspecified atom stereocenters. The Morgan fingerprint density at radius 3 is 2.37 bits per heavy atom. The third-order valence-electron chi connectivity index (χ3n) is 5.32. The van der Waals surface area contributed by atoms with Crippen LogP contribution in [0.15, 0.2) is 89.4 Å². The number of imidazole rings is 1. The molecule has 0 aliphatic rings. The van der Waals surface area contributed by atoms with Crippen LogP contribution in [0.1, 0.15) is 27.6 Å². The molecule has 0 aliphatic carbocycles. The van der Waals surface area contributed by atoms with Crippen LogP contribution in [0, 0.1) is 0 Å². The summed E-state index contributed by atoms with van der Waals surface area (Å²) in [6.07, 6.45) is -1.69. The molecule has 0 radical (unpaired) electrons. The standard InChI is InChI=1S/C26H17F3N4O2/c27-26(28,29)19-13-10-17(11-14-19)12-15-22(34)24-30-20-8-4-5-9-21(20)33(24)16-23-31-32-25(35-23)18-6-2-1-3-7-18/h1-15H,16H2. The number of fused-ring (bicyclic) bond motifs is 1. The number of hydrogen-bond acceptors (Lipinski definition) is 5. The number of hydrogen-bond donors (Lipinski definition) is 0. The number of rotatable bonds is 6. The number of alkyl halides is 3. The highest BCUT2D eigenvalue weighted by Crippen LogP contribution is 2.29. The predicted octanol–water partition coefficient (Wildman–Crippen LogP) is 6.05. The maximum absolute atomic E-state index is 13.0. The van der Waals surface area contributed by atoms with Crippen molar-refractivity contribution in [2.75, 3.05) is 0 Å². The lowest BCUT2D eigenvalue weighted by Gasteiger charge is -2.06. The van der Waals surface area contributed by atoms with Crippen molar-refractivity contribution in [3.05, 3.63) is 108 Å². The van der Waals surface area contributed by atoms with Gasteiger partial charge in [0.2, 0.25) is 17.6 Å². The Bertz CT molecular complexity index is 1520. The molecule has 0 spiro atoms. The Balaban J connectivity index is 1.43. The van der Waals surface area contributed by atoms with E-state index in [1.807, 2.05) is 48.5 Å². The molecule has 2 heterocycles. The van der Waals surface area contributed by atoms with E-state index >= 15 is 0 Å². The molecule has 35 heavy (non-hydrogen) atoms. The zero-order chi connectivity index (χ0) is 24.4. The van der Waals surface area contributed by atoms with E-state index in [9.17, 15) is 18.0 Å². The van der Waals surface area contributed by atoms with Crippen molar-refractivity contribution in [1.82, 2.24) is 19.7 Å². The molecule has 174 valence electrons. The summed E-state index contributed by atoms with van der Waals surface area (Å²) in [7, 11) is 0. The maximum atomic E-state index is 13.0. The van der Waals surface area contributed by atoms with Gasteiger partial charge in [0.1, 0.15) is 6.54 Å². The highest BCUT2D eigenvalue weighted by atomic mass is 19.4. The van der Waals surface area contributed by atoms with E-state index < -0.39 is 17.5 Å². The molecule has 0 aliphatic heterocycles. The number of halogens is 3. The fourth-order valence-electron chi connectivity index (χ4n) is 3.60. The molecule has 0 saturated carbocycles. The Hall–Kier alpha value is -4.53. The van der Waals surface area contributed by atoms with Gasteiger partial charge in [-0.05, 0) is 48.0 Å². The fraction of sp³-hybridized carbons (Fsp3) is 0.0769. The number of nitrogens with zero attached hydrogens (tertiary/aromatic N) is 4. The second-order valence-electron chi connectivity index (χ2n) is 7.69. The molecule has 0 N–H and O–H groups in total. The lowest BCUT2D eigenvalue weighted by atomic mass is 10.1. The van der Waals surface area contributed by atoms with Gasteiger partial charge in [0.05, 0.1) is 16.6 Å². The Morgan fingerprint density at radius 1 is 0.914 bits per heavy atom. The van der Waals surface area contributed by atoms with Crippen LogP contribution in [0.25, 0.3) is 28.6 Å². The van der Waals surface area contributed by atoms with Gasteiger partial charge in [-0.25, -0.2) is 4.98 Å². The van der Waals surface area contributed by atoms with E-state index in [1.54, 1.807) is 10.6 Å². The molecular formula is C26H17F3N4O2. The maximum Gasteiger partial charge on any atom is 0.416 e. The van der Waals surface area contributed by atoms with Crippen molar-refractivity contribution >= 4 is 22.9 Å². The summed E-state index contributed by atoms with van der Waals surface area (Å²) in [5, 5.41) is 8.20. The number of para-hydroxylation sites is 2. The van der Waals surface area contributed by atoms with E-state index in [2.05, 4.69) is 15.2 Å². The van der Waals surface area contributed by atoms with Crippen molar-refractivity contribution in [3.8, 4) is 11.5 Å². The number of carbonyl (C=O) groups excluding carboxylic acids is 1. The summed E-state index contributed by atoms with van der Waals surface area (Å²) < 4.78 is 45.8. The highest BCUT2D eigenvalue weighted by Gasteiger charge is 2.29. The van der Waals surface area contributed by atoms with E-state index in [0.29, 0.717) is 28.4 Å². The molecule has 0 fully saturated rings. The lowest BCUT2D eigenvalue weighted by molar-refractivity contribution is -0.137. The topological polar surface area (TPSA) is 73.8 Å². The summed E-state index contributed by atoms with van der Waals surface area (Å²) in [4.78, 5) is 17.5. The number of allylic oxidation sites excluding steroid dienone is 1. The van der Waals surface area contributed by atoms with Crippen LogP contribution in [0.4, 0.5) is 13.2 Å². The second kappa shape index (κ2) is 9.02. The quantitative estimate of drug-likeness (QED) is 0.221. The largest absolute Gasteiger partial charge is 0.419 e. The molecule has 0 bridgehead atoms. The first-order chi connectivity index (χ1) is 16.9. The molecule has 0 amide bonds. The first-order valence-electron chi connectivity index (χ1n) is 10.6. The lowest BCUT2D eigenvalue weighted by Crippen LogP contribution is -2.10. The van der Waals surface area contributed by atoms with Crippen LogP contribution in [-0.2, 0) is 12.7 Å². The SMILES string of the molecule is O=C(C=Cc1ccc(C(F)(F)F)cc1)c1nc2ccccc2n1Cc1nnc(-c2ccccc2)o1. The van der Waals surface area contributed by atoms with Crippen molar-refractivity contribution in [3.63, 3.8) is 0 Å². The molecule has 3 aromatic carbocycles. The van der Waals surface area contributed by atoms with Crippen LogP contribution in [0.3, 0.4) is 0 Å². The average molecular weight is 474 g/mol. The van der Waals surface area contributed by atoms with Gasteiger partial charge < -0.3 is 8.98 Å². The normalized spacial score (nSPS) is 12.0. The molecule has 5 rings (SSSR count).